The van der Waals surface area contributed by atoms with Gasteiger partial charge in [-0.3, -0.25) is 0 Å². The third kappa shape index (κ3) is 3.12. The molecule has 94 valence electrons. The van der Waals surface area contributed by atoms with Gasteiger partial charge in [0.1, 0.15) is 0 Å². The molecule has 1 aliphatic rings. The molecule has 1 saturated heterocycles. The summed E-state index contributed by atoms with van der Waals surface area (Å²) in [5.74, 6) is 0.600. The van der Waals surface area contributed by atoms with Crippen molar-refractivity contribution >= 4 is 31.9 Å². The summed E-state index contributed by atoms with van der Waals surface area (Å²) in [7, 11) is 0. The molecule has 17 heavy (non-hydrogen) atoms. The minimum Gasteiger partial charge on any atom is -0.381 e. The molecule has 3 heteroatoms. The van der Waals surface area contributed by atoms with Crippen LogP contribution in [0.25, 0.3) is 0 Å². The van der Waals surface area contributed by atoms with E-state index in [4.69, 9.17) is 4.74 Å². The van der Waals surface area contributed by atoms with Gasteiger partial charge in [0, 0.05) is 15.9 Å². The Morgan fingerprint density at radius 3 is 2.71 bits per heavy atom. The van der Waals surface area contributed by atoms with Crippen LogP contribution in [0.4, 0.5) is 0 Å². The Balaban J connectivity index is 2.23. The molecular weight excluding hydrogens is 344 g/mol. The zero-order valence-electron chi connectivity index (χ0n) is 10.3. The predicted octanol–water partition coefficient (Wildman–Crippen LogP) is 4.93. The predicted molar refractivity (Wildman–Crippen MR) is 78.8 cm³/mol. The molecule has 0 radical (unpaired) electrons. The Hall–Kier alpha value is 0.140. The first-order valence-electron chi connectivity index (χ1n) is 6.08. The van der Waals surface area contributed by atoms with Crippen LogP contribution in [0.15, 0.2) is 16.6 Å². The molecule has 1 heterocycles. The molecule has 1 aromatic carbocycles. The van der Waals surface area contributed by atoms with Crippen molar-refractivity contribution < 1.29 is 4.74 Å². The molecule has 0 N–H and O–H groups in total. The van der Waals surface area contributed by atoms with Crippen molar-refractivity contribution in [3.05, 3.63) is 33.3 Å². The monoisotopic (exact) mass is 360 g/mol. The van der Waals surface area contributed by atoms with Crippen LogP contribution in [0.1, 0.15) is 34.4 Å². The normalized spacial score (nSPS) is 22.5. The highest BCUT2D eigenvalue weighted by atomic mass is 79.9. The molecule has 2 unspecified atom stereocenters. The van der Waals surface area contributed by atoms with Crippen LogP contribution in [-0.2, 0) is 4.74 Å². The summed E-state index contributed by atoms with van der Waals surface area (Å²) in [6.07, 6.45) is 2.44. The van der Waals surface area contributed by atoms with E-state index < -0.39 is 0 Å². The van der Waals surface area contributed by atoms with Crippen LogP contribution in [0.3, 0.4) is 0 Å². The van der Waals surface area contributed by atoms with Crippen molar-refractivity contribution in [1.29, 1.82) is 0 Å². The molecular formula is C14H18Br2O. The SMILES string of the molecule is Cc1cc(C(Br)C2CCCOC2)c(C)cc1Br. The number of ether oxygens (including phenoxy) is 1. The Kier molecular flexibility index (Phi) is 4.67. The van der Waals surface area contributed by atoms with Gasteiger partial charge in [0.05, 0.1) is 6.61 Å². The number of hydrogen-bond acceptors (Lipinski definition) is 1. The first kappa shape index (κ1) is 13.6. The molecule has 0 saturated carbocycles. The van der Waals surface area contributed by atoms with Crippen LogP contribution in [-0.4, -0.2) is 13.2 Å². The summed E-state index contributed by atoms with van der Waals surface area (Å²) < 4.78 is 6.77. The van der Waals surface area contributed by atoms with Crippen molar-refractivity contribution in [2.45, 2.75) is 31.5 Å². The maximum atomic E-state index is 5.58. The Labute approximate surface area is 120 Å². The van der Waals surface area contributed by atoms with Crippen LogP contribution >= 0.6 is 31.9 Å². The van der Waals surface area contributed by atoms with Gasteiger partial charge in [-0.2, -0.15) is 0 Å². The number of benzene rings is 1. The standard InChI is InChI=1S/C14H18Br2O/c1-9-7-13(15)10(2)6-12(9)14(16)11-4-3-5-17-8-11/h6-7,11,14H,3-5,8H2,1-2H3. The fourth-order valence-electron chi connectivity index (χ4n) is 2.35. The molecule has 0 amide bonds. The Morgan fingerprint density at radius 1 is 1.29 bits per heavy atom. The van der Waals surface area contributed by atoms with Crippen LogP contribution < -0.4 is 0 Å². The summed E-state index contributed by atoms with van der Waals surface area (Å²) in [6.45, 7) is 6.13. The van der Waals surface area contributed by atoms with E-state index in [0.29, 0.717) is 10.7 Å². The summed E-state index contributed by atoms with van der Waals surface area (Å²) in [4.78, 5) is 0.412. The maximum Gasteiger partial charge on any atom is 0.0508 e. The van der Waals surface area contributed by atoms with Crippen LogP contribution in [0, 0.1) is 19.8 Å². The van der Waals surface area contributed by atoms with E-state index in [-0.39, 0.29) is 0 Å². The molecule has 0 spiro atoms. The third-order valence-electron chi connectivity index (χ3n) is 3.45. The van der Waals surface area contributed by atoms with Crippen molar-refractivity contribution in [1.82, 2.24) is 0 Å². The zero-order chi connectivity index (χ0) is 12.4. The average molecular weight is 362 g/mol. The molecule has 1 aromatic rings. The molecule has 1 nitrogen and oxygen atoms in total. The van der Waals surface area contributed by atoms with Gasteiger partial charge in [0.25, 0.3) is 0 Å². The minimum atomic E-state index is 0.412. The van der Waals surface area contributed by atoms with E-state index in [1.54, 1.807) is 0 Å². The lowest BCUT2D eigenvalue weighted by molar-refractivity contribution is 0.0545. The van der Waals surface area contributed by atoms with Gasteiger partial charge >= 0.3 is 0 Å². The number of hydrogen-bond donors (Lipinski definition) is 0. The van der Waals surface area contributed by atoms with Gasteiger partial charge in [0.15, 0.2) is 0 Å². The van der Waals surface area contributed by atoms with Crippen molar-refractivity contribution in [3.8, 4) is 0 Å². The highest BCUT2D eigenvalue weighted by molar-refractivity contribution is 9.10. The fourth-order valence-corrected chi connectivity index (χ4v) is 3.72. The van der Waals surface area contributed by atoms with Gasteiger partial charge in [-0.15, -0.1) is 0 Å². The lowest BCUT2D eigenvalue weighted by Crippen LogP contribution is -2.21. The van der Waals surface area contributed by atoms with Gasteiger partial charge in [-0.05, 0) is 55.4 Å². The first-order valence-corrected chi connectivity index (χ1v) is 7.79. The highest BCUT2D eigenvalue weighted by Crippen LogP contribution is 2.38. The van der Waals surface area contributed by atoms with Gasteiger partial charge in [-0.1, -0.05) is 37.9 Å². The number of aryl methyl sites for hydroxylation is 2. The molecule has 1 fully saturated rings. The average Bonchev–Trinajstić information content (AvgIpc) is 2.34. The quantitative estimate of drug-likeness (QED) is 0.678. The molecule has 2 rings (SSSR count). The molecule has 0 aliphatic carbocycles. The summed E-state index contributed by atoms with van der Waals surface area (Å²) in [5, 5.41) is 0. The zero-order valence-corrected chi connectivity index (χ0v) is 13.5. The minimum absolute atomic E-state index is 0.412. The van der Waals surface area contributed by atoms with E-state index in [0.717, 1.165) is 13.2 Å². The maximum absolute atomic E-state index is 5.58. The van der Waals surface area contributed by atoms with Gasteiger partial charge in [0.2, 0.25) is 0 Å². The molecule has 0 aromatic heterocycles. The lowest BCUT2D eigenvalue weighted by atomic mass is 9.91. The van der Waals surface area contributed by atoms with Crippen molar-refractivity contribution in [3.63, 3.8) is 0 Å². The topological polar surface area (TPSA) is 9.23 Å². The fraction of sp³-hybridized carbons (Fsp3) is 0.571. The van der Waals surface area contributed by atoms with Gasteiger partial charge < -0.3 is 4.74 Å². The molecule has 1 aliphatic heterocycles. The molecule has 0 bridgehead atoms. The Morgan fingerprint density at radius 2 is 2.06 bits per heavy atom. The van der Waals surface area contributed by atoms with Gasteiger partial charge in [-0.25, -0.2) is 0 Å². The summed E-state index contributed by atoms with van der Waals surface area (Å²) in [5.41, 5.74) is 4.04. The number of halogens is 2. The second-order valence-corrected chi connectivity index (χ2v) is 6.68. The lowest BCUT2D eigenvalue weighted by Gasteiger charge is -2.28. The van der Waals surface area contributed by atoms with Crippen LogP contribution in [0.2, 0.25) is 0 Å². The Bertz CT molecular complexity index is 397. The summed E-state index contributed by atoms with van der Waals surface area (Å²) in [6, 6.07) is 4.50. The first-order chi connectivity index (χ1) is 8.09. The number of alkyl halides is 1. The highest BCUT2D eigenvalue weighted by Gasteiger charge is 2.24. The van der Waals surface area contributed by atoms with Crippen molar-refractivity contribution in [2.24, 2.45) is 5.92 Å². The van der Waals surface area contributed by atoms with E-state index in [1.807, 2.05) is 0 Å². The van der Waals surface area contributed by atoms with E-state index in [2.05, 4.69) is 57.8 Å². The second-order valence-electron chi connectivity index (χ2n) is 4.84. The van der Waals surface area contributed by atoms with E-state index in [1.165, 1.54) is 34.0 Å². The van der Waals surface area contributed by atoms with E-state index in [9.17, 15) is 0 Å². The van der Waals surface area contributed by atoms with Crippen LogP contribution in [0.5, 0.6) is 0 Å². The van der Waals surface area contributed by atoms with E-state index >= 15 is 0 Å². The van der Waals surface area contributed by atoms with Crippen molar-refractivity contribution in [2.75, 3.05) is 13.2 Å². The number of rotatable bonds is 2. The smallest absolute Gasteiger partial charge is 0.0508 e. The molecule has 2 atom stereocenters. The summed E-state index contributed by atoms with van der Waals surface area (Å²) >= 11 is 7.45. The largest absolute Gasteiger partial charge is 0.381 e. The third-order valence-corrected chi connectivity index (χ3v) is 5.55. The second kappa shape index (κ2) is 5.85.